The van der Waals surface area contributed by atoms with Gasteiger partial charge in [-0.15, -0.1) is 0 Å². The van der Waals surface area contributed by atoms with Crippen molar-refractivity contribution in [2.45, 2.75) is 0 Å². The van der Waals surface area contributed by atoms with Gasteiger partial charge in [-0.1, -0.05) is 27.5 Å². The van der Waals surface area contributed by atoms with E-state index in [1.165, 1.54) is 18.2 Å². The van der Waals surface area contributed by atoms with E-state index in [4.69, 9.17) is 11.6 Å². The zero-order chi connectivity index (χ0) is 14.0. The molecule has 0 aliphatic carbocycles. The molecule has 2 rings (SSSR count). The second-order valence-corrected chi connectivity index (χ2v) is 5.92. The summed E-state index contributed by atoms with van der Waals surface area (Å²) in [5.41, 5.74) is 1.01. The molecular weight excluding hydrogens is 397 g/mol. The number of hydrogen-bond acceptors (Lipinski definition) is 2. The van der Waals surface area contributed by atoms with Gasteiger partial charge in [0.2, 0.25) is 0 Å². The Labute approximate surface area is 131 Å². The van der Waals surface area contributed by atoms with Crippen LogP contribution in [0.15, 0.2) is 45.3 Å². The molecule has 0 aromatic heterocycles. The highest BCUT2D eigenvalue weighted by molar-refractivity contribution is 9.11. The van der Waals surface area contributed by atoms with Crippen molar-refractivity contribution in [3.8, 4) is 5.75 Å². The average Bonchev–Trinajstić information content (AvgIpc) is 2.37. The highest BCUT2D eigenvalue weighted by Gasteiger charge is 2.10. The highest BCUT2D eigenvalue weighted by Crippen LogP contribution is 2.28. The number of aromatic hydroxyl groups is 1. The highest BCUT2D eigenvalue weighted by atomic mass is 79.9. The van der Waals surface area contributed by atoms with Crippen LogP contribution in [0.5, 0.6) is 5.75 Å². The van der Waals surface area contributed by atoms with Gasteiger partial charge in [0.25, 0.3) is 5.91 Å². The number of phenols is 1. The normalized spacial score (nSPS) is 10.3. The minimum Gasteiger partial charge on any atom is -0.506 e. The average molecular weight is 405 g/mol. The molecular formula is C13H8Br2ClNO2. The molecule has 2 N–H and O–H groups in total. The maximum absolute atomic E-state index is 12.1. The standard InChI is InChI=1S/C13H8Br2ClNO2/c14-8-2-3-9(15)11(6-8)17-13(19)7-1-4-12(18)10(16)5-7/h1-6,18H,(H,17,19). The second-order valence-electron chi connectivity index (χ2n) is 3.74. The molecule has 0 heterocycles. The van der Waals surface area contributed by atoms with Gasteiger partial charge in [-0.3, -0.25) is 4.79 Å². The van der Waals surface area contributed by atoms with E-state index in [9.17, 15) is 9.90 Å². The van der Waals surface area contributed by atoms with Crippen LogP contribution in [-0.4, -0.2) is 11.0 Å². The van der Waals surface area contributed by atoms with E-state index < -0.39 is 0 Å². The summed E-state index contributed by atoms with van der Waals surface area (Å²) in [6.45, 7) is 0. The lowest BCUT2D eigenvalue weighted by molar-refractivity contribution is 0.102. The Hall–Kier alpha value is -1.04. The lowest BCUT2D eigenvalue weighted by Crippen LogP contribution is -2.12. The maximum atomic E-state index is 12.1. The van der Waals surface area contributed by atoms with E-state index in [0.717, 1.165) is 8.95 Å². The molecule has 0 spiro atoms. The van der Waals surface area contributed by atoms with E-state index in [1.807, 2.05) is 12.1 Å². The molecule has 0 bridgehead atoms. The summed E-state index contributed by atoms with van der Waals surface area (Å²) in [6.07, 6.45) is 0. The fourth-order valence-corrected chi connectivity index (χ4v) is 2.32. The number of carbonyl (C=O) groups is 1. The van der Waals surface area contributed by atoms with E-state index in [-0.39, 0.29) is 16.7 Å². The van der Waals surface area contributed by atoms with E-state index in [1.54, 1.807) is 6.07 Å². The summed E-state index contributed by atoms with van der Waals surface area (Å²) in [7, 11) is 0. The van der Waals surface area contributed by atoms with Gasteiger partial charge in [-0.25, -0.2) is 0 Å². The largest absolute Gasteiger partial charge is 0.506 e. The minimum absolute atomic E-state index is 0.0538. The number of rotatable bonds is 2. The zero-order valence-corrected chi connectivity index (χ0v) is 13.4. The minimum atomic E-state index is -0.305. The van der Waals surface area contributed by atoms with Crippen molar-refractivity contribution in [1.82, 2.24) is 0 Å². The molecule has 0 radical (unpaired) electrons. The number of phenolic OH excluding ortho intramolecular Hbond substituents is 1. The summed E-state index contributed by atoms with van der Waals surface area (Å²) in [5, 5.41) is 12.2. The summed E-state index contributed by atoms with van der Waals surface area (Å²) in [5.74, 6) is -0.359. The third-order valence-corrected chi connectivity index (χ3v) is 3.87. The molecule has 0 saturated carbocycles. The Bertz CT molecular complexity index is 647. The maximum Gasteiger partial charge on any atom is 0.255 e. The molecule has 0 aliphatic rings. The third-order valence-electron chi connectivity index (χ3n) is 2.39. The Kier molecular flexibility index (Phi) is 4.50. The van der Waals surface area contributed by atoms with Gasteiger partial charge in [-0.2, -0.15) is 0 Å². The van der Waals surface area contributed by atoms with Crippen LogP contribution >= 0.6 is 43.5 Å². The van der Waals surface area contributed by atoms with Crippen molar-refractivity contribution in [2.75, 3.05) is 5.32 Å². The first-order valence-corrected chi connectivity index (χ1v) is 7.18. The van der Waals surface area contributed by atoms with Crippen LogP contribution in [0, 0.1) is 0 Å². The van der Waals surface area contributed by atoms with Crippen molar-refractivity contribution < 1.29 is 9.90 Å². The third kappa shape index (κ3) is 3.49. The number of benzene rings is 2. The molecule has 6 heteroatoms. The molecule has 0 saturated heterocycles. The van der Waals surface area contributed by atoms with Crippen LogP contribution in [0.4, 0.5) is 5.69 Å². The van der Waals surface area contributed by atoms with Crippen LogP contribution in [0.25, 0.3) is 0 Å². The smallest absolute Gasteiger partial charge is 0.255 e. The Morgan fingerprint density at radius 3 is 2.58 bits per heavy atom. The van der Waals surface area contributed by atoms with Crippen LogP contribution in [0.1, 0.15) is 10.4 Å². The fraction of sp³-hybridized carbons (Fsp3) is 0. The first kappa shape index (κ1) is 14.4. The van der Waals surface area contributed by atoms with E-state index in [0.29, 0.717) is 11.3 Å². The van der Waals surface area contributed by atoms with Crippen LogP contribution < -0.4 is 5.32 Å². The molecule has 0 aliphatic heterocycles. The van der Waals surface area contributed by atoms with Gasteiger partial charge in [0.05, 0.1) is 10.7 Å². The van der Waals surface area contributed by atoms with Crippen molar-refractivity contribution >= 4 is 55.1 Å². The first-order chi connectivity index (χ1) is 8.97. The Morgan fingerprint density at radius 2 is 1.89 bits per heavy atom. The van der Waals surface area contributed by atoms with Gasteiger partial charge in [0.1, 0.15) is 5.75 Å². The molecule has 0 unspecified atom stereocenters. The number of anilines is 1. The number of nitrogens with one attached hydrogen (secondary N) is 1. The fourth-order valence-electron chi connectivity index (χ4n) is 1.44. The lowest BCUT2D eigenvalue weighted by atomic mass is 10.2. The first-order valence-electron chi connectivity index (χ1n) is 5.22. The van der Waals surface area contributed by atoms with Crippen molar-refractivity contribution in [3.05, 3.63) is 55.9 Å². The van der Waals surface area contributed by atoms with Gasteiger partial charge < -0.3 is 10.4 Å². The van der Waals surface area contributed by atoms with Crippen molar-refractivity contribution in [1.29, 1.82) is 0 Å². The predicted molar refractivity (Wildman–Crippen MR) is 82.9 cm³/mol. The van der Waals surface area contributed by atoms with E-state index in [2.05, 4.69) is 37.2 Å². The van der Waals surface area contributed by atoms with Crippen molar-refractivity contribution in [2.24, 2.45) is 0 Å². The second kappa shape index (κ2) is 5.94. The Balaban J connectivity index is 2.25. The van der Waals surface area contributed by atoms with Crippen LogP contribution in [0.2, 0.25) is 5.02 Å². The number of hydrogen-bond donors (Lipinski definition) is 2. The quantitative estimate of drug-likeness (QED) is 0.752. The topological polar surface area (TPSA) is 49.3 Å². The number of halogens is 3. The predicted octanol–water partition coefficient (Wildman–Crippen LogP) is 4.82. The summed E-state index contributed by atoms with van der Waals surface area (Å²) >= 11 is 12.5. The van der Waals surface area contributed by atoms with Gasteiger partial charge >= 0.3 is 0 Å². The summed E-state index contributed by atoms with van der Waals surface area (Å²) in [6, 6.07) is 9.76. The number of carbonyl (C=O) groups excluding carboxylic acids is 1. The molecule has 0 fully saturated rings. The van der Waals surface area contributed by atoms with Gasteiger partial charge in [-0.05, 0) is 52.3 Å². The molecule has 3 nitrogen and oxygen atoms in total. The molecule has 98 valence electrons. The van der Waals surface area contributed by atoms with Crippen molar-refractivity contribution in [3.63, 3.8) is 0 Å². The summed E-state index contributed by atoms with van der Waals surface area (Å²) < 4.78 is 1.63. The molecule has 0 atom stereocenters. The monoisotopic (exact) mass is 403 g/mol. The van der Waals surface area contributed by atoms with Gasteiger partial charge in [0, 0.05) is 14.5 Å². The van der Waals surface area contributed by atoms with Gasteiger partial charge in [0.15, 0.2) is 0 Å². The van der Waals surface area contributed by atoms with E-state index >= 15 is 0 Å². The number of amides is 1. The molecule has 2 aromatic carbocycles. The molecule has 19 heavy (non-hydrogen) atoms. The van der Waals surface area contributed by atoms with Crippen LogP contribution in [0.3, 0.4) is 0 Å². The Morgan fingerprint density at radius 1 is 1.16 bits per heavy atom. The molecule has 2 aromatic rings. The summed E-state index contributed by atoms with van der Waals surface area (Å²) in [4.78, 5) is 12.1. The zero-order valence-electron chi connectivity index (χ0n) is 9.45. The SMILES string of the molecule is O=C(Nc1cc(Br)ccc1Br)c1ccc(O)c(Cl)c1. The molecule has 1 amide bonds. The lowest BCUT2D eigenvalue weighted by Gasteiger charge is -2.08. The van der Waals surface area contributed by atoms with Crippen LogP contribution in [-0.2, 0) is 0 Å².